The Morgan fingerprint density at radius 3 is 2.54 bits per heavy atom. The highest BCUT2D eigenvalue weighted by atomic mass is 19.1. The number of carbonyl (C=O) groups excluding carboxylic acids is 1. The van der Waals surface area contributed by atoms with Gasteiger partial charge in [0.25, 0.3) is 5.91 Å². The summed E-state index contributed by atoms with van der Waals surface area (Å²) in [5, 5.41) is 11.0. The number of fused-ring (bicyclic) bond motifs is 1. The molecular weight excluding hydrogens is 530 g/mol. The third kappa shape index (κ3) is 5.68. The molecule has 2 spiro atoms. The molecule has 2 aromatic rings. The van der Waals surface area contributed by atoms with Crippen molar-refractivity contribution in [3.05, 3.63) is 23.8 Å². The van der Waals surface area contributed by atoms with Gasteiger partial charge in [-0.3, -0.25) is 9.69 Å². The van der Waals surface area contributed by atoms with Gasteiger partial charge in [-0.15, -0.1) is 5.10 Å². The summed E-state index contributed by atoms with van der Waals surface area (Å²) in [6, 6.07) is -0.983. The maximum absolute atomic E-state index is 16.2. The molecule has 0 aromatic carbocycles. The number of nitrogens with zero attached hydrogens (tertiary/aromatic N) is 5. The van der Waals surface area contributed by atoms with Crippen molar-refractivity contribution < 1.29 is 18.3 Å². The standard InChI is InChI=1S/C29H44F2N8O2/c1-37-14-15-41-28(19-37)10-12-38(13-11-28)23-21(31)17-34-29(8-6-4-2-3-5-7-9-29)24(23)35-27(40)22-25(32)36-39-18-20(30)16-33-26(22)39/h16,18,21,23-24,34H,2-15,17,19H2,1H3,(H2,32,36)(H,35,40). The van der Waals surface area contributed by atoms with Crippen molar-refractivity contribution in [1.29, 1.82) is 0 Å². The first-order chi connectivity index (χ1) is 19.8. The number of likely N-dealkylation sites (N-methyl/N-ethyl adjacent to an activating group) is 1. The molecular formula is C29H44F2N8O2. The maximum atomic E-state index is 16.2. The molecule has 5 heterocycles. The third-order valence-corrected chi connectivity index (χ3v) is 10.0. The number of morpholine rings is 1. The van der Waals surface area contributed by atoms with Gasteiger partial charge < -0.3 is 26.0 Å². The molecule has 2 aromatic heterocycles. The predicted molar refractivity (Wildman–Crippen MR) is 152 cm³/mol. The number of rotatable bonds is 3. The number of hydrogen-bond donors (Lipinski definition) is 3. The van der Waals surface area contributed by atoms with Crippen LogP contribution in [0.25, 0.3) is 5.65 Å². The van der Waals surface area contributed by atoms with Crippen LogP contribution >= 0.6 is 0 Å². The van der Waals surface area contributed by atoms with E-state index in [1.165, 1.54) is 17.4 Å². The second kappa shape index (κ2) is 11.7. The smallest absolute Gasteiger partial charge is 0.259 e. The molecule has 1 amide bonds. The molecule has 10 nitrogen and oxygen atoms in total. The lowest BCUT2D eigenvalue weighted by Crippen LogP contribution is -2.76. The van der Waals surface area contributed by atoms with E-state index < -0.39 is 35.5 Å². The predicted octanol–water partition coefficient (Wildman–Crippen LogP) is 2.53. The van der Waals surface area contributed by atoms with E-state index in [4.69, 9.17) is 10.5 Å². The van der Waals surface area contributed by atoms with Gasteiger partial charge in [-0.2, -0.15) is 0 Å². The van der Waals surface area contributed by atoms with Gasteiger partial charge in [0.05, 0.1) is 36.7 Å². The first-order valence-electron chi connectivity index (χ1n) is 15.4. The third-order valence-electron chi connectivity index (χ3n) is 10.0. The highest BCUT2D eigenvalue weighted by molar-refractivity contribution is 6.04. The molecule has 41 heavy (non-hydrogen) atoms. The van der Waals surface area contributed by atoms with E-state index in [9.17, 15) is 9.18 Å². The van der Waals surface area contributed by atoms with Crippen molar-refractivity contribution in [2.24, 2.45) is 0 Å². The van der Waals surface area contributed by atoms with Gasteiger partial charge >= 0.3 is 0 Å². The molecule has 4 fully saturated rings. The Morgan fingerprint density at radius 1 is 1.12 bits per heavy atom. The summed E-state index contributed by atoms with van der Waals surface area (Å²) in [6.45, 7) is 4.21. The quantitative estimate of drug-likeness (QED) is 0.513. The van der Waals surface area contributed by atoms with Crippen LogP contribution in [0.15, 0.2) is 12.4 Å². The zero-order valence-electron chi connectivity index (χ0n) is 24.1. The molecule has 6 rings (SSSR count). The van der Waals surface area contributed by atoms with E-state index in [0.717, 1.165) is 83.5 Å². The minimum atomic E-state index is -1.16. The molecule has 1 saturated carbocycles. The van der Waals surface area contributed by atoms with Gasteiger partial charge in [0.1, 0.15) is 11.7 Å². The summed E-state index contributed by atoms with van der Waals surface area (Å²) in [6.07, 6.45) is 11.1. The van der Waals surface area contributed by atoms with Crippen LogP contribution in [0.3, 0.4) is 0 Å². The number of halogens is 2. The maximum Gasteiger partial charge on any atom is 0.259 e. The Morgan fingerprint density at radius 2 is 1.83 bits per heavy atom. The second-order valence-corrected chi connectivity index (χ2v) is 12.7. The van der Waals surface area contributed by atoms with Gasteiger partial charge in [0, 0.05) is 38.3 Å². The van der Waals surface area contributed by atoms with Crippen LogP contribution in [0.4, 0.5) is 14.6 Å². The number of ether oxygens (including phenoxy) is 1. The van der Waals surface area contributed by atoms with Gasteiger partial charge in [0.15, 0.2) is 17.3 Å². The van der Waals surface area contributed by atoms with Crippen molar-refractivity contribution in [2.45, 2.75) is 93.6 Å². The number of aromatic nitrogens is 3. The van der Waals surface area contributed by atoms with E-state index >= 15 is 4.39 Å². The van der Waals surface area contributed by atoms with Crippen LogP contribution in [0.5, 0.6) is 0 Å². The molecule has 1 aliphatic carbocycles. The molecule has 3 atom stereocenters. The lowest BCUT2D eigenvalue weighted by atomic mass is 9.72. The van der Waals surface area contributed by atoms with Gasteiger partial charge in [-0.1, -0.05) is 38.5 Å². The molecule has 0 bridgehead atoms. The van der Waals surface area contributed by atoms with Crippen LogP contribution < -0.4 is 16.4 Å². The zero-order valence-corrected chi connectivity index (χ0v) is 24.1. The fourth-order valence-electron chi connectivity index (χ4n) is 7.86. The first-order valence-corrected chi connectivity index (χ1v) is 15.4. The van der Waals surface area contributed by atoms with Gasteiger partial charge in [-0.25, -0.2) is 18.3 Å². The fraction of sp³-hybridized carbons (Fsp3) is 0.759. The molecule has 4 aliphatic rings. The summed E-state index contributed by atoms with van der Waals surface area (Å²) < 4.78 is 37.5. The molecule has 0 radical (unpaired) electrons. The Balaban J connectivity index is 1.32. The number of carbonyl (C=O) groups is 1. The number of likely N-dealkylation sites (tertiary alicyclic amines) is 1. The lowest BCUT2D eigenvalue weighted by Gasteiger charge is -2.55. The number of hydrogen-bond acceptors (Lipinski definition) is 8. The average molecular weight is 575 g/mol. The second-order valence-electron chi connectivity index (χ2n) is 12.7. The highest BCUT2D eigenvalue weighted by Crippen LogP contribution is 2.39. The Labute approximate surface area is 240 Å². The largest absolute Gasteiger partial charge is 0.381 e. The minimum absolute atomic E-state index is 0.0280. The summed E-state index contributed by atoms with van der Waals surface area (Å²) >= 11 is 0. The van der Waals surface area contributed by atoms with Gasteiger partial charge in [0.2, 0.25) is 0 Å². The van der Waals surface area contributed by atoms with Crippen LogP contribution in [0.1, 0.15) is 74.6 Å². The number of amides is 1. The lowest BCUT2D eigenvalue weighted by molar-refractivity contribution is -0.140. The van der Waals surface area contributed by atoms with Crippen LogP contribution in [0, 0.1) is 5.82 Å². The van der Waals surface area contributed by atoms with Crippen LogP contribution in [-0.4, -0.2) is 106 Å². The normalized spacial score (nSPS) is 29.7. The Bertz CT molecular complexity index is 1220. The Hall–Kier alpha value is -2.41. The topological polar surface area (TPSA) is 113 Å². The molecule has 12 heteroatoms. The number of anilines is 1. The monoisotopic (exact) mass is 574 g/mol. The van der Waals surface area contributed by atoms with E-state index in [-0.39, 0.29) is 29.2 Å². The molecule has 3 aliphatic heterocycles. The van der Waals surface area contributed by atoms with Crippen LogP contribution in [0.2, 0.25) is 0 Å². The zero-order chi connectivity index (χ0) is 28.6. The summed E-state index contributed by atoms with van der Waals surface area (Å²) in [5.74, 6) is -1.06. The number of piperidine rings is 2. The number of nitrogen functional groups attached to an aromatic ring is 1. The molecule has 4 N–H and O–H groups in total. The van der Waals surface area contributed by atoms with Crippen molar-refractivity contribution in [2.75, 3.05) is 52.1 Å². The SMILES string of the molecule is CN1CCOC2(CCN(C3C(F)CNC4(CCCCCCCC4)C3NC(=O)c3c(N)nn4cc(F)cnc34)CC2)C1. The number of nitrogens with two attached hydrogens (primary N) is 1. The van der Waals surface area contributed by atoms with E-state index in [2.05, 4.69) is 37.6 Å². The highest BCUT2D eigenvalue weighted by Gasteiger charge is 2.53. The first kappa shape index (κ1) is 28.7. The molecule has 226 valence electrons. The molecule has 3 unspecified atom stereocenters. The minimum Gasteiger partial charge on any atom is -0.381 e. The number of nitrogens with one attached hydrogen (secondary N) is 2. The van der Waals surface area contributed by atoms with Gasteiger partial charge in [-0.05, 0) is 32.7 Å². The average Bonchev–Trinajstić information content (AvgIpc) is 3.32. The Kier molecular flexibility index (Phi) is 8.19. The van der Waals surface area contributed by atoms with Crippen molar-refractivity contribution in [3.63, 3.8) is 0 Å². The van der Waals surface area contributed by atoms with Crippen molar-refractivity contribution in [3.8, 4) is 0 Å². The fourth-order valence-corrected chi connectivity index (χ4v) is 7.86. The summed E-state index contributed by atoms with van der Waals surface area (Å²) in [4.78, 5) is 22.7. The van der Waals surface area contributed by atoms with Crippen molar-refractivity contribution in [1.82, 2.24) is 35.0 Å². The van der Waals surface area contributed by atoms with Crippen LogP contribution in [-0.2, 0) is 4.74 Å². The van der Waals surface area contributed by atoms with Crippen molar-refractivity contribution >= 4 is 17.4 Å². The number of alkyl halides is 1. The molecule has 3 saturated heterocycles. The van der Waals surface area contributed by atoms with E-state index in [0.29, 0.717) is 13.1 Å². The summed E-state index contributed by atoms with van der Waals surface area (Å²) in [7, 11) is 2.13. The van der Waals surface area contributed by atoms with E-state index in [1.54, 1.807) is 0 Å². The summed E-state index contributed by atoms with van der Waals surface area (Å²) in [5.41, 5.74) is 5.81. The van der Waals surface area contributed by atoms with E-state index in [1.807, 2.05) is 0 Å².